The minimum atomic E-state index is -6.81. The average Bonchev–Trinajstić information content (AvgIpc) is 2.52. The van der Waals surface area contributed by atoms with Crippen molar-refractivity contribution >= 4 is 22.6 Å². The highest BCUT2D eigenvalue weighted by Crippen LogP contribution is 2.56. The number of alkyl halides is 10. The van der Waals surface area contributed by atoms with Gasteiger partial charge in [0.25, 0.3) is 0 Å². The first-order chi connectivity index (χ1) is 12.1. The van der Waals surface area contributed by atoms with Gasteiger partial charge in [0.1, 0.15) is 0 Å². The maximum Gasteiger partial charge on any atom is 0.460 e. The second kappa shape index (κ2) is 10.2. The molecule has 27 heavy (non-hydrogen) atoms. The van der Waals surface area contributed by atoms with E-state index in [-0.39, 0.29) is 12.8 Å². The molecule has 0 saturated carbocycles. The molecule has 0 nitrogen and oxygen atoms in total. The van der Waals surface area contributed by atoms with Gasteiger partial charge >= 0.3 is 23.9 Å². The Morgan fingerprint density at radius 1 is 0.630 bits per heavy atom. The number of rotatable bonds is 13. The van der Waals surface area contributed by atoms with Gasteiger partial charge in [-0.2, -0.15) is 39.5 Å². The molecule has 0 aromatic carbocycles. The van der Waals surface area contributed by atoms with Crippen LogP contribution in [0.15, 0.2) is 0 Å². The van der Waals surface area contributed by atoms with Gasteiger partial charge in [0.05, 0.1) is 0 Å². The van der Waals surface area contributed by atoms with Gasteiger partial charge in [0.2, 0.25) is 0 Å². The van der Waals surface area contributed by atoms with E-state index >= 15 is 0 Å². The Labute approximate surface area is 167 Å². The standard InChI is InChI=1S/C17H26F9I/c1-3-5-6-7-8-9-10-11-13(27,4-2)12-14(18,19)15(20,21)16(22,23)17(24,25)26/h3-12H2,1-2H3. The van der Waals surface area contributed by atoms with Crippen molar-refractivity contribution < 1.29 is 39.5 Å². The Bertz CT molecular complexity index is 435. The third kappa shape index (κ3) is 7.13. The monoisotopic (exact) mass is 528 g/mol. The number of unbranched alkanes of at least 4 members (excludes halogenated alkanes) is 6. The summed E-state index contributed by atoms with van der Waals surface area (Å²) in [5.74, 6) is -18.8. The van der Waals surface area contributed by atoms with Gasteiger partial charge < -0.3 is 0 Å². The van der Waals surface area contributed by atoms with E-state index in [4.69, 9.17) is 0 Å². The Balaban J connectivity index is 4.98. The van der Waals surface area contributed by atoms with Crippen molar-refractivity contribution in [3.8, 4) is 0 Å². The summed E-state index contributed by atoms with van der Waals surface area (Å²) in [5, 5.41) is 0. The highest BCUT2D eigenvalue weighted by atomic mass is 127. The molecule has 0 saturated heterocycles. The van der Waals surface area contributed by atoms with E-state index in [0.717, 1.165) is 32.1 Å². The largest absolute Gasteiger partial charge is 0.460 e. The summed E-state index contributed by atoms with van der Waals surface area (Å²) in [6.45, 7) is 3.47. The molecule has 0 aliphatic rings. The van der Waals surface area contributed by atoms with Crippen LogP contribution >= 0.6 is 22.6 Å². The van der Waals surface area contributed by atoms with E-state index in [2.05, 4.69) is 0 Å². The zero-order chi connectivity index (χ0) is 21.6. The molecule has 0 radical (unpaired) electrons. The third-order valence-electron chi connectivity index (χ3n) is 4.61. The Morgan fingerprint density at radius 2 is 1.07 bits per heavy atom. The van der Waals surface area contributed by atoms with Crippen molar-refractivity contribution in [3.63, 3.8) is 0 Å². The summed E-state index contributed by atoms with van der Waals surface area (Å²) in [6.07, 6.45) is -2.52. The summed E-state index contributed by atoms with van der Waals surface area (Å²) in [7, 11) is 0. The average molecular weight is 528 g/mol. The highest BCUT2D eigenvalue weighted by Gasteiger charge is 2.81. The summed E-state index contributed by atoms with van der Waals surface area (Å²) in [6, 6.07) is 0. The van der Waals surface area contributed by atoms with Crippen LogP contribution < -0.4 is 0 Å². The molecule has 1 atom stereocenters. The van der Waals surface area contributed by atoms with Crippen LogP contribution in [0.3, 0.4) is 0 Å². The van der Waals surface area contributed by atoms with Crippen molar-refractivity contribution in [1.82, 2.24) is 0 Å². The topological polar surface area (TPSA) is 0 Å². The molecule has 0 fully saturated rings. The lowest BCUT2D eigenvalue weighted by molar-refractivity contribution is -0.397. The summed E-state index contributed by atoms with van der Waals surface area (Å²) in [4.78, 5) is 0. The molecule has 0 heterocycles. The molecular formula is C17H26F9I. The molecule has 10 heteroatoms. The minimum absolute atomic E-state index is 0.0428. The molecule has 0 bridgehead atoms. The fourth-order valence-corrected chi connectivity index (χ4v) is 3.57. The van der Waals surface area contributed by atoms with Crippen LogP contribution in [0, 0.1) is 0 Å². The third-order valence-corrected chi connectivity index (χ3v) is 6.29. The van der Waals surface area contributed by atoms with Crippen molar-refractivity contribution in [3.05, 3.63) is 0 Å². The molecule has 0 rings (SSSR count). The molecule has 0 N–H and O–H groups in total. The number of hydrogen-bond acceptors (Lipinski definition) is 0. The van der Waals surface area contributed by atoms with E-state index in [1.807, 2.05) is 6.92 Å². The Hall–Kier alpha value is 0.1000. The van der Waals surface area contributed by atoms with Crippen molar-refractivity contribution in [1.29, 1.82) is 0 Å². The van der Waals surface area contributed by atoms with Gasteiger partial charge in [-0.25, -0.2) is 0 Å². The van der Waals surface area contributed by atoms with Crippen LogP contribution in [0.5, 0.6) is 0 Å². The quantitative estimate of drug-likeness (QED) is 0.0973. The molecule has 0 aromatic rings. The van der Waals surface area contributed by atoms with Crippen LogP contribution in [0.2, 0.25) is 0 Å². The molecule has 0 aromatic heterocycles. The first-order valence-electron chi connectivity index (χ1n) is 8.97. The number of hydrogen-bond donors (Lipinski definition) is 0. The first kappa shape index (κ1) is 27.1. The molecule has 0 aliphatic heterocycles. The van der Waals surface area contributed by atoms with E-state index in [1.54, 1.807) is 0 Å². The number of halogens is 10. The minimum Gasteiger partial charge on any atom is -0.200 e. The van der Waals surface area contributed by atoms with Crippen LogP contribution in [0.4, 0.5) is 39.5 Å². The molecule has 0 spiro atoms. The molecule has 164 valence electrons. The maximum absolute atomic E-state index is 13.9. The van der Waals surface area contributed by atoms with Crippen molar-refractivity contribution in [2.75, 3.05) is 0 Å². The Kier molecular flexibility index (Phi) is 10.3. The molecule has 0 aliphatic carbocycles. The van der Waals surface area contributed by atoms with Gasteiger partial charge in [-0.05, 0) is 12.8 Å². The summed E-state index contributed by atoms with van der Waals surface area (Å²) >= 11 is 1.49. The molecule has 1 unspecified atom stereocenters. The lowest BCUT2D eigenvalue weighted by atomic mass is 9.88. The van der Waals surface area contributed by atoms with E-state index < -0.39 is 33.8 Å². The van der Waals surface area contributed by atoms with Crippen molar-refractivity contribution in [2.24, 2.45) is 0 Å². The summed E-state index contributed by atoms with van der Waals surface area (Å²) in [5.41, 5.74) is 0. The van der Waals surface area contributed by atoms with Crippen LogP contribution in [-0.4, -0.2) is 27.4 Å². The van der Waals surface area contributed by atoms with Gasteiger partial charge in [-0.3, -0.25) is 0 Å². The smallest absolute Gasteiger partial charge is 0.200 e. The SMILES string of the molecule is CCCCCCCCCC(I)(CC)CC(F)(F)C(F)(F)C(F)(F)C(F)(F)F. The van der Waals surface area contributed by atoms with Crippen LogP contribution in [0.1, 0.15) is 78.1 Å². The van der Waals surface area contributed by atoms with Gasteiger partial charge in [0.15, 0.2) is 0 Å². The van der Waals surface area contributed by atoms with Gasteiger partial charge in [0, 0.05) is 9.84 Å². The lowest BCUT2D eigenvalue weighted by Gasteiger charge is -2.38. The van der Waals surface area contributed by atoms with E-state index in [0.29, 0.717) is 12.8 Å². The first-order valence-corrected chi connectivity index (χ1v) is 10.0. The molecular weight excluding hydrogens is 502 g/mol. The van der Waals surface area contributed by atoms with Crippen LogP contribution in [-0.2, 0) is 0 Å². The second-order valence-electron chi connectivity index (χ2n) is 6.90. The second-order valence-corrected chi connectivity index (χ2v) is 9.19. The fraction of sp³-hybridized carbons (Fsp3) is 1.00. The summed E-state index contributed by atoms with van der Waals surface area (Å²) < 4.78 is 116. The van der Waals surface area contributed by atoms with Crippen molar-refractivity contribution in [2.45, 2.75) is 105 Å². The van der Waals surface area contributed by atoms with Crippen LogP contribution in [0.25, 0.3) is 0 Å². The zero-order valence-electron chi connectivity index (χ0n) is 15.4. The van der Waals surface area contributed by atoms with E-state index in [9.17, 15) is 39.5 Å². The lowest BCUT2D eigenvalue weighted by Crippen LogP contribution is -2.62. The molecule has 0 amide bonds. The zero-order valence-corrected chi connectivity index (χ0v) is 17.5. The van der Waals surface area contributed by atoms with Gasteiger partial charge in [-0.1, -0.05) is 81.4 Å². The predicted octanol–water partition coefficient (Wildman–Crippen LogP) is 8.57. The maximum atomic E-state index is 13.9. The highest BCUT2D eigenvalue weighted by molar-refractivity contribution is 14.1. The predicted molar refractivity (Wildman–Crippen MR) is 95.2 cm³/mol. The normalized spacial score (nSPS) is 16.4. The Morgan fingerprint density at radius 3 is 1.48 bits per heavy atom. The van der Waals surface area contributed by atoms with E-state index in [1.165, 1.54) is 29.5 Å². The van der Waals surface area contributed by atoms with Gasteiger partial charge in [-0.15, -0.1) is 0 Å². The fourth-order valence-electron chi connectivity index (χ4n) is 2.71.